The van der Waals surface area contributed by atoms with E-state index < -0.39 is 0 Å². The fourth-order valence-electron chi connectivity index (χ4n) is 4.03. The van der Waals surface area contributed by atoms with Gasteiger partial charge in [-0.1, -0.05) is 36.4 Å². The molecule has 8 heteroatoms. The van der Waals surface area contributed by atoms with Gasteiger partial charge in [0, 0.05) is 42.2 Å². The van der Waals surface area contributed by atoms with E-state index in [2.05, 4.69) is 21.3 Å². The summed E-state index contributed by atoms with van der Waals surface area (Å²) in [4.78, 5) is 37.0. The van der Waals surface area contributed by atoms with Crippen molar-refractivity contribution < 1.29 is 19.1 Å². The summed E-state index contributed by atoms with van der Waals surface area (Å²) >= 11 is 0. The number of amides is 3. The summed E-state index contributed by atoms with van der Waals surface area (Å²) < 4.78 is 5.54. The van der Waals surface area contributed by atoms with Crippen LogP contribution in [0, 0.1) is 0 Å². The normalized spacial score (nSPS) is 14.5. The molecule has 4 N–H and O–H groups in total. The van der Waals surface area contributed by atoms with Crippen molar-refractivity contribution in [2.45, 2.75) is 31.8 Å². The van der Waals surface area contributed by atoms with E-state index in [9.17, 15) is 14.4 Å². The average Bonchev–Trinajstić information content (AvgIpc) is 3.45. The zero-order valence-electron chi connectivity index (χ0n) is 20.7. The summed E-state index contributed by atoms with van der Waals surface area (Å²) in [5.41, 5.74) is 3.60. The van der Waals surface area contributed by atoms with E-state index in [4.69, 9.17) is 4.74 Å². The fraction of sp³-hybridized carbons (Fsp3) is 0.276. The Balaban J connectivity index is 1.19. The molecule has 0 saturated carbocycles. The quantitative estimate of drug-likeness (QED) is 0.315. The molecule has 3 amide bonds. The van der Waals surface area contributed by atoms with Gasteiger partial charge in [-0.25, -0.2) is 0 Å². The number of hydrogen-bond acceptors (Lipinski definition) is 5. The van der Waals surface area contributed by atoms with Gasteiger partial charge in [0.15, 0.2) is 0 Å². The first-order chi connectivity index (χ1) is 18.0. The first-order valence-corrected chi connectivity index (χ1v) is 12.5. The van der Waals surface area contributed by atoms with E-state index in [0.29, 0.717) is 42.0 Å². The van der Waals surface area contributed by atoms with Crippen LogP contribution in [0.2, 0.25) is 0 Å². The minimum absolute atomic E-state index is 0.0406. The van der Waals surface area contributed by atoms with Crippen LogP contribution >= 0.6 is 0 Å². The third-order valence-electron chi connectivity index (χ3n) is 6.03. The van der Waals surface area contributed by atoms with Gasteiger partial charge in [-0.3, -0.25) is 14.4 Å². The minimum atomic E-state index is -0.229. The second-order valence-corrected chi connectivity index (χ2v) is 8.94. The monoisotopic (exact) mass is 500 g/mol. The van der Waals surface area contributed by atoms with Crippen molar-refractivity contribution >= 4 is 34.8 Å². The molecule has 1 aliphatic rings. The van der Waals surface area contributed by atoms with Crippen LogP contribution in [-0.4, -0.2) is 43.5 Å². The highest BCUT2D eigenvalue weighted by molar-refractivity contribution is 5.96. The standard InChI is InChI=1S/C29H32N4O4/c34-27(16-11-21-6-2-1-3-7-21)32-23-12-14-24(15-13-23)33-28(35)20-30-25-9-4-8-22(18-25)29(36)31-19-26-10-5-17-37-26/h1-4,6-9,12-15,18,26,30H,5,10-11,16-17,19-20H2,(H,31,36)(H,32,34)(H,33,35). The topological polar surface area (TPSA) is 109 Å². The van der Waals surface area contributed by atoms with Crippen molar-refractivity contribution in [1.82, 2.24) is 5.32 Å². The predicted octanol–water partition coefficient (Wildman–Crippen LogP) is 4.22. The molecule has 192 valence electrons. The molecule has 0 bridgehead atoms. The molecule has 1 saturated heterocycles. The highest BCUT2D eigenvalue weighted by Crippen LogP contribution is 2.16. The lowest BCUT2D eigenvalue weighted by Gasteiger charge is -2.12. The van der Waals surface area contributed by atoms with Crippen LogP contribution in [0.1, 0.15) is 35.2 Å². The van der Waals surface area contributed by atoms with Crippen LogP contribution in [0.4, 0.5) is 17.1 Å². The summed E-state index contributed by atoms with van der Waals surface area (Å²) in [5, 5.41) is 11.6. The predicted molar refractivity (Wildman–Crippen MR) is 145 cm³/mol. The molecule has 0 radical (unpaired) electrons. The Morgan fingerprint density at radius 3 is 2.24 bits per heavy atom. The molecule has 1 atom stereocenters. The maximum absolute atomic E-state index is 12.4. The molecule has 1 unspecified atom stereocenters. The van der Waals surface area contributed by atoms with E-state index in [0.717, 1.165) is 25.0 Å². The first-order valence-electron chi connectivity index (χ1n) is 12.5. The zero-order chi connectivity index (χ0) is 25.9. The fourth-order valence-corrected chi connectivity index (χ4v) is 4.03. The number of carbonyl (C=O) groups excluding carboxylic acids is 3. The third-order valence-corrected chi connectivity index (χ3v) is 6.03. The summed E-state index contributed by atoms with van der Waals surface area (Å²) in [6.07, 6.45) is 3.14. The summed E-state index contributed by atoms with van der Waals surface area (Å²) in [5.74, 6) is -0.462. The zero-order valence-corrected chi connectivity index (χ0v) is 20.7. The molecule has 0 spiro atoms. The molecule has 3 aromatic rings. The van der Waals surface area contributed by atoms with Crippen molar-refractivity contribution in [2.24, 2.45) is 0 Å². The Labute approximate surface area is 216 Å². The van der Waals surface area contributed by atoms with Crippen molar-refractivity contribution in [3.05, 3.63) is 90.0 Å². The molecule has 1 aliphatic heterocycles. The van der Waals surface area contributed by atoms with E-state index in [1.165, 1.54) is 0 Å². The molecule has 3 aromatic carbocycles. The Morgan fingerprint density at radius 2 is 1.54 bits per heavy atom. The lowest BCUT2D eigenvalue weighted by atomic mass is 10.1. The number of hydrogen-bond donors (Lipinski definition) is 4. The Hall–Kier alpha value is -4.17. The number of aryl methyl sites for hydroxylation is 1. The highest BCUT2D eigenvalue weighted by atomic mass is 16.5. The van der Waals surface area contributed by atoms with Crippen molar-refractivity contribution in [3.63, 3.8) is 0 Å². The van der Waals surface area contributed by atoms with Crippen LogP contribution in [0.5, 0.6) is 0 Å². The molecule has 0 aromatic heterocycles. The number of rotatable bonds is 11. The van der Waals surface area contributed by atoms with E-state index >= 15 is 0 Å². The van der Waals surface area contributed by atoms with Crippen molar-refractivity contribution in [2.75, 3.05) is 35.6 Å². The SMILES string of the molecule is O=C(CCc1ccccc1)Nc1ccc(NC(=O)CNc2cccc(C(=O)NCC3CCCO3)c2)cc1. The van der Waals surface area contributed by atoms with Crippen LogP contribution in [-0.2, 0) is 20.7 Å². The van der Waals surface area contributed by atoms with Crippen LogP contribution < -0.4 is 21.3 Å². The van der Waals surface area contributed by atoms with Gasteiger partial charge in [0.1, 0.15) is 0 Å². The molecular formula is C29H32N4O4. The van der Waals surface area contributed by atoms with Gasteiger partial charge >= 0.3 is 0 Å². The van der Waals surface area contributed by atoms with E-state index in [1.54, 1.807) is 48.5 Å². The number of benzene rings is 3. The van der Waals surface area contributed by atoms with Gasteiger partial charge in [-0.2, -0.15) is 0 Å². The van der Waals surface area contributed by atoms with Gasteiger partial charge in [-0.15, -0.1) is 0 Å². The first kappa shape index (κ1) is 25.9. The van der Waals surface area contributed by atoms with E-state index in [-0.39, 0.29) is 30.4 Å². The number of ether oxygens (including phenoxy) is 1. The molecule has 8 nitrogen and oxygen atoms in total. The summed E-state index contributed by atoms with van der Waals surface area (Å²) in [7, 11) is 0. The van der Waals surface area contributed by atoms with Crippen LogP contribution in [0.25, 0.3) is 0 Å². The lowest BCUT2D eigenvalue weighted by molar-refractivity contribution is -0.116. The smallest absolute Gasteiger partial charge is 0.251 e. The molecule has 4 rings (SSSR count). The average molecular weight is 501 g/mol. The molecule has 1 heterocycles. The second kappa shape index (κ2) is 13.2. The van der Waals surface area contributed by atoms with Crippen molar-refractivity contribution in [1.29, 1.82) is 0 Å². The lowest BCUT2D eigenvalue weighted by Crippen LogP contribution is -2.31. The van der Waals surface area contributed by atoms with Gasteiger partial charge in [0.2, 0.25) is 11.8 Å². The Morgan fingerprint density at radius 1 is 0.811 bits per heavy atom. The molecule has 0 aliphatic carbocycles. The van der Waals surface area contributed by atoms with Gasteiger partial charge in [0.05, 0.1) is 12.6 Å². The maximum atomic E-state index is 12.4. The highest BCUT2D eigenvalue weighted by Gasteiger charge is 2.17. The minimum Gasteiger partial charge on any atom is -0.376 e. The molecule has 37 heavy (non-hydrogen) atoms. The van der Waals surface area contributed by atoms with Gasteiger partial charge in [-0.05, 0) is 67.3 Å². The number of anilines is 3. The van der Waals surface area contributed by atoms with Crippen LogP contribution in [0.15, 0.2) is 78.9 Å². The third kappa shape index (κ3) is 8.47. The maximum Gasteiger partial charge on any atom is 0.251 e. The largest absolute Gasteiger partial charge is 0.376 e. The van der Waals surface area contributed by atoms with Gasteiger partial charge in [0.25, 0.3) is 5.91 Å². The number of carbonyl (C=O) groups is 3. The van der Waals surface area contributed by atoms with E-state index in [1.807, 2.05) is 30.3 Å². The Bertz CT molecular complexity index is 1190. The molecule has 1 fully saturated rings. The Kier molecular flexibility index (Phi) is 9.26. The van der Waals surface area contributed by atoms with Crippen LogP contribution in [0.3, 0.4) is 0 Å². The van der Waals surface area contributed by atoms with Crippen molar-refractivity contribution in [3.8, 4) is 0 Å². The van der Waals surface area contributed by atoms with Gasteiger partial charge < -0.3 is 26.0 Å². The number of nitrogens with one attached hydrogen (secondary N) is 4. The second-order valence-electron chi connectivity index (χ2n) is 8.94. The molecular weight excluding hydrogens is 468 g/mol. The summed E-state index contributed by atoms with van der Waals surface area (Å²) in [6.45, 7) is 1.28. The summed E-state index contributed by atoms with van der Waals surface area (Å²) in [6, 6.07) is 23.9.